The van der Waals surface area contributed by atoms with Gasteiger partial charge >= 0.3 is 5.97 Å². The molecule has 6 heteroatoms. The standard InChI is InChI=1S/C18H21NO4S/c1-3-12-4-5-14-13(11-23-15(14)8-12)9-17(20)19-6-7-24-16(10-19)18(21)22-2/h4-5,8,11,16H,3,6-7,9-10H2,1-2H3/t16-/m1/s1. The largest absolute Gasteiger partial charge is 0.468 e. The Hall–Kier alpha value is -1.95. The minimum atomic E-state index is -0.291. The highest BCUT2D eigenvalue weighted by Crippen LogP contribution is 2.25. The van der Waals surface area contributed by atoms with E-state index in [2.05, 4.69) is 13.0 Å². The lowest BCUT2D eigenvalue weighted by molar-refractivity contribution is -0.141. The number of aryl methyl sites for hydroxylation is 1. The third kappa shape index (κ3) is 3.43. The topological polar surface area (TPSA) is 59.8 Å². The normalized spacial score (nSPS) is 17.9. The van der Waals surface area contributed by atoms with Crippen LogP contribution in [0.2, 0.25) is 0 Å². The summed E-state index contributed by atoms with van der Waals surface area (Å²) < 4.78 is 10.4. The fourth-order valence-corrected chi connectivity index (χ4v) is 4.04. The molecule has 1 aromatic carbocycles. The SMILES string of the molecule is CCc1ccc2c(CC(=O)N3CCS[C@@H](C(=O)OC)C3)coc2c1. The molecule has 1 aliphatic rings. The summed E-state index contributed by atoms with van der Waals surface area (Å²) in [7, 11) is 1.38. The minimum Gasteiger partial charge on any atom is -0.468 e. The van der Waals surface area contributed by atoms with Crippen LogP contribution in [0.5, 0.6) is 0 Å². The molecule has 24 heavy (non-hydrogen) atoms. The van der Waals surface area contributed by atoms with Gasteiger partial charge in [-0.3, -0.25) is 9.59 Å². The summed E-state index contributed by atoms with van der Waals surface area (Å²) >= 11 is 1.54. The van der Waals surface area contributed by atoms with Crippen LogP contribution in [0.25, 0.3) is 11.0 Å². The summed E-state index contributed by atoms with van der Waals surface area (Å²) in [5.74, 6) is 0.502. The highest BCUT2D eigenvalue weighted by molar-refractivity contribution is 8.00. The van der Waals surface area contributed by atoms with Crippen molar-refractivity contribution in [3.63, 3.8) is 0 Å². The van der Waals surface area contributed by atoms with E-state index in [4.69, 9.17) is 9.15 Å². The van der Waals surface area contributed by atoms with Crippen LogP contribution in [0, 0.1) is 0 Å². The lowest BCUT2D eigenvalue weighted by atomic mass is 10.1. The monoisotopic (exact) mass is 347 g/mol. The van der Waals surface area contributed by atoms with Gasteiger partial charge in [-0.2, -0.15) is 0 Å². The quantitative estimate of drug-likeness (QED) is 0.796. The summed E-state index contributed by atoms with van der Waals surface area (Å²) in [5.41, 5.74) is 2.92. The number of hydrogen-bond donors (Lipinski definition) is 0. The molecule has 0 radical (unpaired) electrons. The van der Waals surface area contributed by atoms with Crippen LogP contribution in [-0.4, -0.2) is 48.0 Å². The van der Waals surface area contributed by atoms with Crippen LogP contribution in [0.1, 0.15) is 18.1 Å². The number of benzene rings is 1. The van der Waals surface area contributed by atoms with Crippen LogP contribution in [0.3, 0.4) is 0 Å². The number of thioether (sulfide) groups is 1. The molecule has 0 bridgehead atoms. The molecule has 1 fully saturated rings. The van der Waals surface area contributed by atoms with Crippen molar-refractivity contribution in [2.45, 2.75) is 25.0 Å². The summed E-state index contributed by atoms with van der Waals surface area (Å²) in [6.07, 6.45) is 2.90. The van der Waals surface area contributed by atoms with E-state index in [0.717, 1.165) is 28.7 Å². The first-order chi connectivity index (χ1) is 11.6. The Balaban J connectivity index is 1.71. The van der Waals surface area contributed by atoms with Crippen molar-refractivity contribution in [3.8, 4) is 0 Å². The molecule has 5 nitrogen and oxygen atoms in total. The van der Waals surface area contributed by atoms with Gasteiger partial charge in [-0.15, -0.1) is 11.8 Å². The smallest absolute Gasteiger partial charge is 0.320 e. The average Bonchev–Trinajstić information content (AvgIpc) is 3.03. The number of furan rings is 1. The summed E-state index contributed by atoms with van der Waals surface area (Å²) in [5, 5.41) is 0.692. The molecular formula is C18H21NO4S. The molecule has 0 unspecified atom stereocenters. The maximum Gasteiger partial charge on any atom is 0.320 e. The number of carbonyl (C=O) groups excluding carboxylic acids is 2. The van der Waals surface area contributed by atoms with Crippen LogP contribution in [0.15, 0.2) is 28.9 Å². The van der Waals surface area contributed by atoms with Gasteiger partial charge < -0.3 is 14.1 Å². The van der Waals surface area contributed by atoms with Crippen LogP contribution < -0.4 is 0 Å². The predicted molar refractivity (Wildman–Crippen MR) is 94.1 cm³/mol. The summed E-state index contributed by atoms with van der Waals surface area (Å²) in [4.78, 5) is 26.1. The first-order valence-corrected chi connectivity index (χ1v) is 9.13. The van der Waals surface area contributed by atoms with Crippen molar-refractivity contribution in [3.05, 3.63) is 35.6 Å². The maximum atomic E-state index is 12.6. The molecule has 1 aliphatic heterocycles. The number of esters is 1. The van der Waals surface area contributed by atoms with E-state index in [1.54, 1.807) is 22.9 Å². The van der Waals surface area contributed by atoms with Crippen LogP contribution >= 0.6 is 11.8 Å². The molecule has 0 N–H and O–H groups in total. The number of methoxy groups -OCH3 is 1. The molecule has 2 aromatic rings. The van der Waals surface area contributed by atoms with E-state index in [9.17, 15) is 9.59 Å². The molecule has 1 saturated heterocycles. The van der Waals surface area contributed by atoms with Gasteiger partial charge in [0.25, 0.3) is 0 Å². The minimum absolute atomic E-state index is 0.0199. The lowest BCUT2D eigenvalue weighted by Gasteiger charge is -2.31. The second kappa shape index (κ2) is 7.30. The van der Waals surface area contributed by atoms with Crippen LogP contribution in [-0.2, 0) is 27.2 Å². The molecule has 0 saturated carbocycles. The molecule has 2 heterocycles. The number of amides is 1. The Morgan fingerprint density at radius 1 is 1.42 bits per heavy atom. The number of nitrogens with zero attached hydrogens (tertiary/aromatic N) is 1. The fourth-order valence-electron chi connectivity index (χ4n) is 2.91. The van der Waals surface area contributed by atoms with Crippen molar-refractivity contribution >= 4 is 34.6 Å². The second-order valence-corrected chi connectivity index (χ2v) is 7.15. The van der Waals surface area contributed by atoms with Gasteiger partial charge in [0, 0.05) is 29.8 Å². The Labute approximate surface area is 145 Å². The number of rotatable bonds is 4. The molecule has 1 atom stereocenters. The Bertz CT molecular complexity index is 755. The van der Waals surface area contributed by atoms with E-state index in [1.165, 1.54) is 12.7 Å². The first kappa shape index (κ1) is 16.9. The molecule has 128 valence electrons. The van der Waals surface area contributed by atoms with Crippen molar-refractivity contribution in [2.75, 3.05) is 26.0 Å². The molecule has 0 spiro atoms. The van der Waals surface area contributed by atoms with E-state index in [0.29, 0.717) is 13.1 Å². The van der Waals surface area contributed by atoms with Gasteiger partial charge in [0.2, 0.25) is 5.91 Å². The zero-order valence-electron chi connectivity index (χ0n) is 13.9. The Kier molecular flexibility index (Phi) is 5.14. The van der Waals surface area contributed by atoms with Gasteiger partial charge in [-0.1, -0.05) is 19.1 Å². The zero-order chi connectivity index (χ0) is 17.1. The van der Waals surface area contributed by atoms with Gasteiger partial charge in [0.1, 0.15) is 10.8 Å². The molecule has 1 amide bonds. The van der Waals surface area contributed by atoms with Crippen LogP contribution in [0.4, 0.5) is 0 Å². The van der Waals surface area contributed by atoms with Crippen molar-refractivity contribution < 1.29 is 18.7 Å². The van der Waals surface area contributed by atoms with Gasteiger partial charge in [-0.25, -0.2) is 0 Å². The zero-order valence-corrected chi connectivity index (χ0v) is 14.7. The Morgan fingerprint density at radius 2 is 2.25 bits per heavy atom. The summed E-state index contributed by atoms with van der Waals surface area (Å²) in [6.45, 7) is 3.17. The predicted octanol–water partition coefficient (Wildman–Crippen LogP) is 2.65. The molecule has 1 aromatic heterocycles. The molecule has 0 aliphatic carbocycles. The number of carbonyl (C=O) groups is 2. The van der Waals surface area contributed by atoms with E-state index in [-0.39, 0.29) is 23.5 Å². The van der Waals surface area contributed by atoms with Gasteiger partial charge in [0.15, 0.2) is 0 Å². The number of hydrogen-bond acceptors (Lipinski definition) is 5. The van der Waals surface area contributed by atoms with Gasteiger partial charge in [0.05, 0.1) is 19.8 Å². The Morgan fingerprint density at radius 3 is 3.00 bits per heavy atom. The average molecular weight is 347 g/mol. The van der Waals surface area contributed by atoms with Crippen molar-refractivity contribution in [1.82, 2.24) is 4.90 Å². The molecular weight excluding hydrogens is 326 g/mol. The second-order valence-electron chi connectivity index (χ2n) is 5.84. The first-order valence-electron chi connectivity index (χ1n) is 8.08. The highest BCUT2D eigenvalue weighted by Gasteiger charge is 2.29. The van der Waals surface area contributed by atoms with E-state index < -0.39 is 0 Å². The number of fused-ring (bicyclic) bond motifs is 1. The lowest BCUT2D eigenvalue weighted by Crippen LogP contribution is -2.45. The number of ether oxygens (including phenoxy) is 1. The van der Waals surface area contributed by atoms with Gasteiger partial charge in [-0.05, 0) is 18.1 Å². The third-order valence-corrected chi connectivity index (χ3v) is 5.52. The van der Waals surface area contributed by atoms with Crippen molar-refractivity contribution in [1.29, 1.82) is 0 Å². The van der Waals surface area contributed by atoms with E-state index >= 15 is 0 Å². The molecule has 3 rings (SSSR count). The highest BCUT2D eigenvalue weighted by atomic mass is 32.2. The van der Waals surface area contributed by atoms with Crippen molar-refractivity contribution in [2.24, 2.45) is 0 Å². The third-order valence-electron chi connectivity index (χ3n) is 4.35. The fraction of sp³-hybridized carbons (Fsp3) is 0.444. The summed E-state index contributed by atoms with van der Waals surface area (Å²) in [6, 6.07) is 6.11. The van der Waals surface area contributed by atoms with E-state index in [1.807, 2.05) is 12.1 Å². The maximum absolute atomic E-state index is 12.6.